The number of carbonyl (C=O) groups is 3. The Bertz CT molecular complexity index is 656. The lowest BCUT2D eigenvalue weighted by molar-refractivity contribution is -0.141. The molecule has 0 aromatic heterocycles. The quantitative estimate of drug-likeness (QED) is 0.411. The lowest BCUT2D eigenvalue weighted by atomic mass is 9.96. The molecular formula is C20H29N3O5. The van der Waals surface area contributed by atoms with Gasteiger partial charge in [0.1, 0.15) is 11.8 Å². The molecule has 0 saturated heterocycles. The molecule has 0 aliphatic heterocycles. The molecule has 5 N–H and O–H groups in total. The fourth-order valence-corrected chi connectivity index (χ4v) is 3.27. The summed E-state index contributed by atoms with van der Waals surface area (Å²) in [6, 6.07) is 5.15. The zero-order valence-electron chi connectivity index (χ0n) is 15.9. The number of amides is 3. The molecule has 0 spiro atoms. The van der Waals surface area contributed by atoms with Gasteiger partial charge in [-0.3, -0.25) is 4.79 Å². The number of hydrogen-bond acceptors (Lipinski definition) is 4. The number of hydrogen-bond donors (Lipinski definition) is 5. The first-order chi connectivity index (χ1) is 13.4. The SMILES string of the molecule is O=C(CCCNC(=O)NC1CCCCC1)NC(Cc1ccc(O)cc1)C(=O)O. The van der Waals surface area contributed by atoms with Crippen LogP contribution in [0.5, 0.6) is 5.75 Å². The van der Waals surface area contributed by atoms with Crippen molar-refractivity contribution in [3.63, 3.8) is 0 Å². The van der Waals surface area contributed by atoms with Crippen LogP contribution in [0.2, 0.25) is 0 Å². The second-order valence-corrected chi connectivity index (χ2v) is 7.17. The minimum absolute atomic E-state index is 0.0969. The minimum Gasteiger partial charge on any atom is -0.508 e. The molecule has 3 amide bonds. The smallest absolute Gasteiger partial charge is 0.326 e. The molecule has 0 radical (unpaired) electrons. The van der Waals surface area contributed by atoms with Crippen LogP contribution in [0.15, 0.2) is 24.3 Å². The lowest BCUT2D eigenvalue weighted by Gasteiger charge is -2.22. The van der Waals surface area contributed by atoms with Gasteiger partial charge >= 0.3 is 12.0 Å². The van der Waals surface area contributed by atoms with E-state index in [1.54, 1.807) is 12.1 Å². The number of carboxylic acids is 1. The highest BCUT2D eigenvalue weighted by Crippen LogP contribution is 2.17. The molecule has 1 aromatic carbocycles. The highest BCUT2D eigenvalue weighted by Gasteiger charge is 2.20. The van der Waals surface area contributed by atoms with E-state index in [1.807, 2.05) is 0 Å². The Morgan fingerprint density at radius 2 is 1.75 bits per heavy atom. The van der Waals surface area contributed by atoms with E-state index in [-0.39, 0.29) is 36.6 Å². The monoisotopic (exact) mass is 391 g/mol. The summed E-state index contributed by atoms with van der Waals surface area (Å²) in [5.74, 6) is -1.40. The van der Waals surface area contributed by atoms with E-state index in [0.717, 1.165) is 25.7 Å². The first kappa shape index (κ1) is 21.5. The third kappa shape index (κ3) is 7.85. The van der Waals surface area contributed by atoms with Crippen molar-refractivity contribution in [1.82, 2.24) is 16.0 Å². The molecule has 0 heterocycles. The fourth-order valence-electron chi connectivity index (χ4n) is 3.27. The third-order valence-corrected chi connectivity index (χ3v) is 4.82. The molecule has 1 aliphatic rings. The number of carbonyl (C=O) groups excluding carboxylic acids is 2. The summed E-state index contributed by atoms with van der Waals surface area (Å²) in [5, 5.41) is 26.8. The maximum Gasteiger partial charge on any atom is 0.326 e. The van der Waals surface area contributed by atoms with Gasteiger partial charge in [-0.1, -0.05) is 31.4 Å². The molecule has 1 fully saturated rings. The Morgan fingerprint density at radius 3 is 2.39 bits per heavy atom. The van der Waals surface area contributed by atoms with Crippen LogP contribution < -0.4 is 16.0 Å². The van der Waals surface area contributed by atoms with E-state index in [0.29, 0.717) is 18.5 Å². The molecule has 8 heteroatoms. The summed E-state index contributed by atoms with van der Waals surface area (Å²) < 4.78 is 0. The topological polar surface area (TPSA) is 128 Å². The first-order valence-electron chi connectivity index (χ1n) is 9.78. The van der Waals surface area contributed by atoms with Crippen LogP contribution in [-0.2, 0) is 16.0 Å². The van der Waals surface area contributed by atoms with E-state index >= 15 is 0 Å². The maximum atomic E-state index is 12.0. The Hall–Kier alpha value is -2.77. The maximum absolute atomic E-state index is 12.0. The van der Waals surface area contributed by atoms with Crippen molar-refractivity contribution in [2.75, 3.05) is 6.54 Å². The van der Waals surface area contributed by atoms with Gasteiger partial charge in [-0.05, 0) is 37.0 Å². The van der Waals surface area contributed by atoms with Gasteiger partial charge in [0.2, 0.25) is 5.91 Å². The number of benzene rings is 1. The molecular weight excluding hydrogens is 362 g/mol. The number of aliphatic carboxylic acids is 1. The van der Waals surface area contributed by atoms with E-state index in [9.17, 15) is 24.6 Å². The van der Waals surface area contributed by atoms with E-state index in [4.69, 9.17) is 0 Å². The predicted molar refractivity (Wildman–Crippen MR) is 104 cm³/mol. The van der Waals surface area contributed by atoms with Crippen LogP contribution in [0.1, 0.15) is 50.5 Å². The highest BCUT2D eigenvalue weighted by atomic mass is 16.4. The van der Waals surface area contributed by atoms with Crippen molar-refractivity contribution >= 4 is 17.9 Å². The van der Waals surface area contributed by atoms with Crippen molar-refractivity contribution in [3.8, 4) is 5.75 Å². The number of nitrogens with one attached hydrogen (secondary N) is 3. The van der Waals surface area contributed by atoms with E-state index in [1.165, 1.54) is 18.6 Å². The Kier molecular flexibility index (Phi) is 8.58. The van der Waals surface area contributed by atoms with Gasteiger partial charge < -0.3 is 26.2 Å². The summed E-state index contributed by atoms with van der Waals surface area (Å²) in [6.45, 7) is 0.349. The van der Waals surface area contributed by atoms with Gasteiger partial charge in [0.25, 0.3) is 0 Å². The molecule has 154 valence electrons. The number of phenolic OH excluding ortho intramolecular Hbond substituents is 1. The van der Waals surface area contributed by atoms with Crippen LogP contribution in [0, 0.1) is 0 Å². The van der Waals surface area contributed by atoms with Gasteiger partial charge in [0.15, 0.2) is 0 Å². The first-order valence-corrected chi connectivity index (χ1v) is 9.78. The summed E-state index contributed by atoms with van der Waals surface area (Å²) in [5.41, 5.74) is 0.701. The fraction of sp³-hybridized carbons (Fsp3) is 0.550. The predicted octanol–water partition coefficient (Wildman–Crippen LogP) is 1.92. The summed E-state index contributed by atoms with van der Waals surface area (Å²) in [7, 11) is 0. The van der Waals surface area contributed by atoms with E-state index < -0.39 is 12.0 Å². The van der Waals surface area contributed by atoms with Crippen LogP contribution >= 0.6 is 0 Å². The molecule has 0 bridgehead atoms. The van der Waals surface area contributed by atoms with Gasteiger partial charge in [-0.2, -0.15) is 0 Å². The van der Waals surface area contributed by atoms with Crippen molar-refractivity contribution < 1.29 is 24.6 Å². The lowest BCUT2D eigenvalue weighted by Crippen LogP contribution is -2.44. The van der Waals surface area contributed by atoms with Crippen molar-refractivity contribution in [2.24, 2.45) is 0 Å². The average Bonchev–Trinajstić information content (AvgIpc) is 2.67. The van der Waals surface area contributed by atoms with Gasteiger partial charge in [-0.25, -0.2) is 9.59 Å². The molecule has 2 rings (SSSR count). The molecule has 8 nitrogen and oxygen atoms in total. The van der Waals surface area contributed by atoms with Gasteiger partial charge in [0.05, 0.1) is 0 Å². The Morgan fingerprint density at radius 1 is 1.07 bits per heavy atom. The van der Waals surface area contributed by atoms with Gasteiger partial charge in [-0.15, -0.1) is 0 Å². The standard InChI is InChI=1S/C20H29N3O5/c24-16-10-8-14(9-11-16)13-17(19(26)27)23-18(25)7-4-12-21-20(28)22-15-5-2-1-3-6-15/h8-11,15,17,24H,1-7,12-13H2,(H,23,25)(H,26,27)(H2,21,22,28). The number of phenols is 1. The van der Waals surface area contributed by atoms with Crippen LogP contribution in [-0.4, -0.2) is 46.7 Å². The van der Waals surface area contributed by atoms with Crippen molar-refractivity contribution in [2.45, 2.75) is 63.5 Å². The zero-order chi connectivity index (χ0) is 20.4. The second kappa shape index (κ2) is 11.2. The summed E-state index contributed by atoms with van der Waals surface area (Å²) in [4.78, 5) is 35.2. The molecule has 1 aliphatic carbocycles. The normalized spacial score (nSPS) is 15.4. The third-order valence-electron chi connectivity index (χ3n) is 4.82. The molecule has 1 aromatic rings. The minimum atomic E-state index is -1.12. The zero-order valence-corrected chi connectivity index (χ0v) is 15.9. The Balaban J connectivity index is 1.65. The van der Waals surface area contributed by atoms with Crippen molar-refractivity contribution in [1.29, 1.82) is 0 Å². The van der Waals surface area contributed by atoms with Crippen LogP contribution in [0.4, 0.5) is 4.79 Å². The second-order valence-electron chi connectivity index (χ2n) is 7.17. The number of aromatic hydroxyl groups is 1. The largest absolute Gasteiger partial charge is 0.508 e. The van der Waals surface area contributed by atoms with Crippen LogP contribution in [0.25, 0.3) is 0 Å². The number of urea groups is 1. The molecule has 1 unspecified atom stereocenters. The number of rotatable bonds is 9. The molecule has 1 saturated carbocycles. The highest BCUT2D eigenvalue weighted by molar-refractivity contribution is 5.83. The van der Waals surface area contributed by atoms with Gasteiger partial charge in [0, 0.05) is 25.4 Å². The van der Waals surface area contributed by atoms with Crippen LogP contribution in [0.3, 0.4) is 0 Å². The van der Waals surface area contributed by atoms with Crippen molar-refractivity contribution in [3.05, 3.63) is 29.8 Å². The van der Waals surface area contributed by atoms with E-state index in [2.05, 4.69) is 16.0 Å². The summed E-state index contributed by atoms with van der Waals surface area (Å²) in [6.07, 6.45) is 6.20. The summed E-state index contributed by atoms with van der Waals surface area (Å²) >= 11 is 0. The average molecular weight is 391 g/mol. The number of carboxylic acid groups (broad SMARTS) is 1. The molecule has 1 atom stereocenters. The molecule has 28 heavy (non-hydrogen) atoms. The Labute approximate surface area is 164 Å².